The van der Waals surface area contributed by atoms with Gasteiger partial charge in [0.25, 0.3) is 0 Å². The Hall–Kier alpha value is -0.870. The largest absolute Gasteiger partial charge is 0.369 e. The second-order valence-electron chi connectivity index (χ2n) is 6.44. The molecule has 1 fully saturated rings. The lowest BCUT2D eigenvalue weighted by molar-refractivity contribution is -0.0780. The standard InChI is InChI=1S/C14H25N3O/c1-13(2)9-10(14(3,4)18-13)11(15-5)12-16-7-8-17(12)6/h7-8,10-11,15H,9H2,1-6H3. The molecule has 1 aliphatic rings. The Balaban J connectivity index is 2.32. The van der Waals surface area contributed by atoms with Crippen molar-refractivity contribution in [1.29, 1.82) is 0 Å². The minimum absolute atomic E-state index is 0.0611. The lowest BCUT2D eigenvalue weighted by atomic mass is 9.81. The predicted molar refractivity (Wildman–Crippen MR) is 72.4 cm³/mol. The SMILES string of the molecule is CNC(c1nccn1C)C1CC(C)(C)OC1(C)C. The molecular weight excluding hydrogens is 226 g/mol. The molecule has 0 spiro atoms. The fraction of sp³-hybridized carbons (Fsp3) is 0.786. The third-order valence-electron chi connectivity index (χ3n) is 3.99. The fourth-order valence-corrected chi connectivity index (χ4v) is 3.31. The van der Waals surface area contributed by atoms with E-state index in [9.17, 15) is 0 Å². The number of imidazole rings is 1. The van der Waals surface area contributed by atoms with Crippen LogP contribution >= 0.6 is 0 Å². The van der Waals surface area contributed by atoms with Gasteiger partial charge >= 0.3 is 0 Å². The van der Waals surface area contributed by atoms with Crippen molar-refractivity contribution in [2.75, 3.05) is 7.05 Å². The van der Waals surface area contributed by atoms with Crippen LogP contribution in [0.25, 0.3) is 0 Å². The molecule has 18 heavy (non-hydrogen) atoms. The molecule has 0 radical (unpaired) electrons. The number of rotatable bonds is 3. The van der Waals surface area contributed by atoms with Gasteiger partial charge in [-0.15, -0.1) is 0 Å². The summed E-state index contributed by atoms with van der Waals surface area (Å²) in [6, 6.07) is 0.224. The van der Waals surface area contributed by atoms with Crippen molar-refractivity contribution >= 4 is 0 Å². The monoisotopic (exact) mass is 251 g/mol. The second-order valence-corrected chi connectivity index (χ2v) is 6.44. The van der Waals surface area contributed by atoms with Crippen molar-refractivity contribution in [3.8, 4) is 0 Å². The van der Waals surface area contributed by atoms with Crippen molar-refractivity contribution < 1.29 is 4.74 Å². The van der Waals surface area contributed by atoms with Gasteiger partial charge in [0, 0.05) is 25.4 Å². The molecule has 1 N–H and O–H groups in total. The van der Waals surface area contributed by atoms with E-state index in [1.165, 1.54) is 0 Å². The van der Waals surface area contributed by atoms with Crippen molar-refractivity contribution in [1.82, 2.24) is 14.9 Å². The molecule has 0 amide bonds. The maximum absolute atomic E-state index is 6.19. The Bertz CT molecular complexity index is 422. The van der Waals surface area contributed by atoms with Gasteiger partial charge in [-0.1, -0.05) is 0 Å². The summed E-state index contributed by atoms with van der Waals surface area (Å²) in [4.78, 5) is 4.49. The smallest absolute Gasteiger partial charge is 0.125 e. The molecule has 2 unspecified atom stereocenters. The number of nitrogens with zero attached hydrogens (tertiary/aromatic N) is 2. The average Bonchev–Trinajstić information content (AvgIpc) is 2.71. The van der Waals surface area contributed by atoms with Crippen molar-refractivity contribution in [3.63, 3.8) is 0 Å². The molecule has 0 saturated carbocycles. The number of nitrogens with one attached hydrogen (secondary N) is 1. The molecule has 0 aliphatic carbocycles. The Morgan fingerprint density at radius 2 is 2.11 bits per heavy atom. The summed E-state index contributed by atoms with van der Waals surface area (Å²) in [5.41, 5.74) is -0.197. The summed E-state index contributed by atoms with van der Waals surface area (Å²) in [7, 11) is 4.04. The van der Waals surface area contributed by atoms with Crippen molar-refractivity contribution in [2.24, 2.45) is 13.0 Å². The molecule has 1 aliphatic heterocycles. The van der Waals surface area contributed by atoms with Crippen LogP contribution in [0.3, 0.4) is 0 Å². The summed E-state index contributed by atoms with van der Waals surface area (Å²) in [6.45, 7) is 8.69. The van der Waals surface area contributed by atoms with E-state index in [1.54, 1.807) is 0 Å². The van der Waals surface area contributed by atoms with Crippen LogP contribution in [0.4, 0.5) is 0 Å². The molecule has 2 atom stereocenters. The second kappa shape index (κ2) is 4.35. The topological polar surface area (TPSA) is 39.1 Å². The highest BCUT2D eigenvalue weighted by molar-refractivity contribution is 5.08. The summed E-state index contributed by atoms with van der Waals surface area (Å²) >= 11 is 0. The Labute approximate surface area is 110 Å². The van der Waals surface area contributed by atoms with Crippen LogP contribution in [0.15, 0.2) is 12.4 Å². The maximum atomic E-state index is 6.19. The molecule has 0 bridgehead atoms. The molecular formula is C14H25N3O. The number of hydrogen-bond acceptors (Lipinski definition) is 3. The summed E-state index contributed by atoms with van der Waals surface area (Å²) in [5, 5.41) is 3.42. The zero-order valence-electron chi connectivity index (χ0n) is 12.3. The molecule has 1 aromatic heterocycles. The first-order chi connectivity index (χ1) is 8.27. The Kier molecular flexibility index (Phi) is 3.28. The first-order valence-corrected chi connectivity index (χ1v) is 6.61. The molecule has 2 heterocycles. The molecule has 102 valence electrons. The Morgan fingerprint density at radius 1 is 1.44 bits per heavy atom. The normalized spacial score (nSPS) is 27.3. The van der Waals surface area contributed by atoms with Crippen LogP contribution in [-0.2, 0) is 11.8 Å². The van der Waals surface area contributed by atoms with Crippen LogP contribution in [0, 0.1) is 5.92 Å². The highest BCUT2D eigenvalue weighted by atomic mass is 16.5. The lowest BCUT2D eigenvalue weighted by Crippen LogP contribution is -2.38. The minimum atomic E-state index is -0.136. The van der Waals surface area contributed by atoms with E-state index in [0.717, 1.165) is 12.2 Å². The first kappa shape index (κ1) is 13.6. The van der Waals surface area contributed by atoms with Gasteiger partial charge in [-0.2, -0.15) is 0 Å². The zero-order chi connectivity index (χ0) is 13.6. The number of ether oxygens (including phenoxy) is 1. The molecule has 1 aromatic rings. The van der Waals surface area contributed by atoms with Gasteiger partial charge in [0.05, 0.1) is 17.2 Å². The quantitative estimate of drug-likeness (QED) is 0.895. The van der Waals surface area contributed by atoms with Gasteiger partial charge < -0.3 is 14.6 Å². The molecule has 4 heteroatoms. The van der Waals surface area contributed by atoms with E-state index in [2.05, 4.69) is 42.6 Å². The van der Waals surface area contributed by atoms with Crippen LogP contribution in [0.1, 0.15) is 46.0 Å². The molecule has 1 saturated heterocycles. The van der Waals surface area contributed by atoms with E-state index in [-0.39, 0.29) is 17.2 Å². The molecule has 0 aromatic carbocycles. The van der Waals surface area contributed by atoms with Crippen molar-refractivity contribution in [3.05, 3.63) is 18.2 Å². The lowest BCUT2D eigenvalue weighted by Gasteiger charge is -2.32. The number of aromatic nitrogens is 2. The van der Waals surface area contributed by atoms with Crippen LogP contribution < -0.4 is 5.32 Å². The maximum Gasteiger partial charge on any atom is 0.125 e. The third-order valence-corrected chi connectivity index (χ3v) is 3.99. The van der Waals surface area contributed by atoms with Gasteiger partial charge in [-0.3, -0.25) is 0 Å². The number of aryl methyl sites for hydroxylation is 1. The van der Waals surface area contributed by atoms with Crippen LogP contribution in [0.2, 0.25) is 0 Å². The first-order valence-electron chi connectivity index (χ1n) is 6.61. The summed E-state index contributed by atoms with van der Waals surface area (Å²) in [6.07, 6.45) is 4.89. The van der Waals surface area contributed by atoms with E-state index in [4.69, 9.17) is 4.74 Å². The summed E-state index contributed by atoms with van der Waals surface area (Å²) in [5.74, 6) is 1.50. The Morgan fingerprint density at radius 3 is 2.50 bits per heavy atom. The van der Waals surface area contributed by atoms with Crippen molar-refractivity contribution in [2.45, 2.75) is 51.4 Å². The van der Waals surface area contributed by atoms with Gasteiger partial charge in [-0.25, -0.2) is 4.98 Å². The van der Waals surface area contributed by atoms with E-state index < -0.39 is 0 Å². The highest BCUT2D eigenvalue weighted by Crippen LogP contribution is 2.47. The fourth-order valence-electron chi connectivity index (χ4n) is 3.31. The predicted octanol–water partition coefficient (Wildman–Crippen LogP) is 2.27. The van der Waals surface area contributed by atoms with E-state index >= 15 is 0 Å². The van der Waals surface area contributed by atoms with Gasteiger partial charge in [0.2, 0.25) is 0 Å². The van der Waals surface area contributed by atoms with Crippen LogP contribution in [0.5, 0.6) is 0 Å². The zero-order valence-corrected chi connectivity index (χ0v) is 12.3. The third kappa shape index (κ3) is 2.31. The highest BCUT2D eigenvalue weighted by Gasteiger charge is 2.49. The van der Waals surface area contributed by atoms with Gasteiger partial charge in [0.1, 0.15) is 5.82 Å². The molecule has 4 nitrogen and oxygen atoms in total. The van der Waals surface area contributed by atoms with Gasteiger partial charge in [0.15, 0.2) is 0 Å². The number of hydrogen-bond donors (Lipinski definition) is 1. The molecule has 2 rings (SSSR count). The minimum Gasteiger partial charge on any atom is -0.369 e. The van der Waals surface area contributed by atoms with E-state index in [0.29, 0.717) is 5.92 Å². The van der Waals surface area contributed by atoms with Crippen LogP contribution in [-0.4, -0.2) is 27.8 Å². The van der Waals surface area contributed by atoms with E-state index in [1.807, 2.05) is 26.5 Å². The van der Waals surface area contributed by atoms with Gasteiger partial charge in [-0.05, 0) is 41.2 Å². The summed E-state index contributed by atoms with van der Waals surface area (Å²) < 4.78 is 8.28. The average molecular weight is 251 g/mol.